The summed E-state index contributed by atoms with van der Waals surface area (Å²) < 4.78 is 27.6. The Morgan fingerprint density at radius 1 is 1.26 bits per heavy atom. The molecule has 1 unspecified atom stereocenters. The molecule has 0 radical (unpaired) electrons. The van der Waals surface area contributed by atoms with Gasteiger partial charge in [0, 0.05) is 21.7 Å². The quantitative estimate of drug-likeness (QED) is 0.800. The van der Waals surface area contributed by atoms with Crippen LogP contribution < -0.4 is 0 Å². The lowest BCUT2D eigenvalue weighted by molar-refractivity contribution is 0.179. The largest absolute Gasteiger partial charge is 0.387 e. The van der Waals surface area contributed by atoms with Crippen molar-refractivity contribution in [2.24, 2.45) is 0 Å². The molecule has 1 nitrogen and oxygen atoms in total. The van der Waals surface area contributed by atoms with Crippen LogP contribution in [0.25, 0.3) is 0 Å². The molecule has 0 bridgehead atoms. The topological polar surface area (TPSA) is 20.2 Å². The van der Waals surface area contributed by atoms with Crippen LogP contribution in [0.3, 0.4) is 0 Å². The summed E-state index contributed by atoms with van der Waals surface area (Å²) in [5.74, 6) is -1.28. The Bertz CT molecular complexity index is 583. The van der Waals surface area contributed by atoms with Gasteiger partial charge in [-0.2, -0.15) is 0 Å². The zero-order chi connectivity index (χ0) is 14.0. The molecule has 1 atom stereocenters. The zero-order valence-electron chi connectivity index (χ0n) is 10.3. The molecule has 0 aliphatic carbocycles. The molecule has 5 heteroatoms. The third kappa shape index (κ3) is 3.22. The molecule has 2 rings (SSSR count). The van der Waals surface area contributed by atoms with Gasteiger partial charge in [0.05, 0.1) is 10.6 Å². The minimum atomic E-state index is -0.886. The molecular formula is C14H13BrF2OS. The van der Waals surface area contributed by atoms with Crippen molar-refractivity contribution in [3.8, 4) is 0 Å². The van der Waals surface area contributed by atoms with Crippen molar-refractivity contribution in [3.63, 3.8) is 0 Å². The van der Waals surface area contributed by atoms with Crippen LogP contribution in [-0.2, 0) is 12.8 Å². The van der Waals surface area contributed by atoms with E-state index in [1.54, 1.807) is 0 Å². The number of rotatable bonds is 4. The second-order valence-corrected chi connectivity index (χ2v) is 6.25. The first-order chi connectivity index (χ1) is 9.02. The first kappa shape index (κ1) is 14.6. The van der Waals surface area contributed by atoms with E-state index < -0.39 is 17.7 Å². The minimum Gasteiger partial charge on any atom is -0.387 e. The number of hydrogen-bond donors (Lipinski definition) is 1. The van der Waals surface area contributed by atoms with Gasteiger partial charge in [0.25, 0.3) is 0 Å². The highest BCUT2D eigenvalue weighted by molar-refractivity contribution is 9.10. The van der Waals surface area contributed by atoms with Crippen molar-refractivity contribution in [3.05, 3.63) is 55.7 Å². The van der Waals surface area contributed by atoms with Crippen molar-refractivity contribution in [1.82, 2.24) is 0 Å². The number of hydrogen-bond acceptors (Lipinski definition) is 2. The van der Waals surface area contributed by atoms with Gasteiger partial charge in [-0.3, -0.25) is 0 Å². The van der Waals surface area contributed by atoms with Gasteiger partial charge in [-0.25, -0.2) is 8.78 Å². The highest BCUT2D eigenvalue weighted by atomic mass is 79.9. The monoisotopic (exact) mass is 346 g/mol. The van der Waals surface area contributed by atoms with Crippen LogP contribution in [0.2, 0.25) is 0 Å². The summed E-state index contributed by atoms with van der Waals surface area (Å²) >= 11 is 4.49. The maximum Gasteiger partial charge on any atom is 0.143 e. The number of aliphatic hydroxyl groups is 1. The third-order valence-electron chi connectivity index (χ3n) is 2.90. The molecule has 2 aromatic rings. The molecule has 0 fully saturated rings. The van der Waals surface area contributed by atoms with Crippen LogP contribution in [0.1, 0.15) is 28.3 Å². The Kier molecular flexibility index (Phi) is 4.71. The molecule has 1 aromatic heterocycles. The fourth-order valence-corrected chi connectivity index (χ4v) is 3.12. The first-order valence-corrected chi connectivity index (χ1v) is 7.53. The molecule has 0 spiro atoms. The van der Waals surface area contributed by atoms with Crippen molar-refractivity contribution < 1.29 is 13.9 Å². The van der Waals surface area contributed by atoms with Crippen molar-refractivity contribution in [2.75, 3.05) is 0 Å². The standard InChI is InChI=1S/C14H13BrF2OS/c1-2-8-3-6-13(19-8)12(18)7-9-11(16)5-4-10(15)14(9)17/h3-6,12,18H,2,7H2,1H3. The molecule has 19 heavy (non-hydrogen) atoms. The first-order valence-electron chi connectivity index (χ1n) is 5.92. The molecule has 0 aliphatic rings. The zero-order valence-corrected chi connectivity index (χ0v) is 12.7. The summed E-state index contributed by atoms with van der Waals surface area (Å²) in [6.07, 6.45) is -0.0683. The van der Waals surface area contributed by atoms with Crippen LogP contribution in [0.5, 0.6) is 0 Å². The van der Waals surface area contributed by atoms with E-state index in [4.69, 9.17) is 0 Å². The maximum atomic E-state index is 13.8. The highest BCUT2D eigenvalue weighted by Gasteiger charge is 2.18. The Labute approximate surface area is 123 Å². The lowest BCUT2D eigenvalue weighted by atomic mass is 10.1. The molecule has 0 saturated carbocycles. The predicted molar refractivity (Wildman–Crippen MR) is 76.4 cm³/mol. The second kappa shape index (κ2) is 6.11. The van der Waals surface area contributed by atoms with Crippen LogP contribution in [-0.4, -0.2) is 5.11 Å². The van der Waals surface area contributed by atoms with E-state index in [0.717, 1.165) is 16.2 Å². The molecule has 102 valence electrons. The lowest BCUT2D eigenvalue weighted by Gasteiger charge is -2.11. The molecule has 1 aromatic carbocycles. The SMILES string of the molecule is CCc1ccc(C(O)Cc2c(F)ccc(Br)c2F)s1. The Balaban J connectivity index is 2.23. The lowest BCUT2D eigenvalue weighted by Crippen LogP contribution is -2.05. The second-order valence-electron chi connectivity index (χ2n) is 4.20. The van der Waals surface area contributed by atoms with Gasteiger partial charge in [-0.15, -0.1) is 11.3 Å². The smallest absolute Gasteiger partial charge is 0.143 e. The van der Waals surface area contributed by atoms with Crippen LogP contribution in [0.15, 0.2) is 28.7 Å². The number of halogens is 3. The predicted octanol–water partition coefficient (Wildman–Crippen LogP) is 4.63. The summed E-state index contributed by atoms with van der Waals surface area (Å²) in [5.41, 5.74) is -0.0895. The van der Waals surface area contributed by atoms with E-state index in [1.165, 1.54) is 23.5 Å². The molecular weight excluding hydrogens is 334 g/mol. The van der Waals surface area contributed by atoms with Gasteiger partial charge in [0.1, 0.15) is 11.6 Å². The van der Waals surface area contributed by atoms with Gasteiger partial charge < -0.3 is 5.11 Å². The van der Waals surface area contributed by atoms with Crippen LogP contribution in [0, 0.1) is 11.6 Å². The average molecular weight is 347 g/mol. The van der Waals surface area contributed by atoms with Crippen molar-refractivity contribution >= 4 is 27.3 Å². The normalized spacial score (nSPS) is 12.7. The number of benzene rings is 1. The molecule has 1 N–H and O–H groups in total. The minimum absolute atomic E-state index is 0.0687. The van der Waals surface area contributed by atoms with Crippen molar-refractivity contribution in [1.29, 1.82) is 0 Å². The van der Waals surface area contributed by atoms with E-state index in [-0.39, 0.29) is 16.5 Å². The summed E-state index contributed by atoms with van der Waals surface area (Å²) in [7, 11) is 0. The van der Waals surface area contributed by atoms with Gasteiger partial charge in [0.2, 0.25) is 0 Å². The fraction of sp³-hybridized carbons (Fsp3) is 0.286. The van der Waals surface area contributed by atoms with Gasteiger partial charge in [-0.1, -0.05) is 6.92 Å². The number of aliphatic hydroxyl groups excluding tert-OH is 1. The van der Waals surface area contributed by atoms with E-state index in [9.17, 15) is 13.9 Å². The van der Waals surface area contributed by atoms with E-state index in [0.29, 0.717) is 0 Å². The van der Waals surface area contributed by atoms with Crippen LogP contribution in [0.4, 0.5) is 8.78 Å². The average Bonchev–Trinajstić information content (AvgIpc) is 2.88. The van der Waals surface area contributed by atoms with E-state index in [2.05, 4.69) is 15.9 Å². The van der Waals surface area contributed by atoms with Gasteiger partial charge in [-0.05, 0) is 46.6 Å². The third-order valence-corrected chi connectivity index (χ3v) is 4.84. The number of aryl methyl sites for hydroxylation is 1. The Hall–Kier alpha value is -0.780. The van der Waals surface area contributed by atoms with E-state index >= 15 is 0 Å². The van der Waals surface area contributed by atoms with E-state index in [1.807, 2.05) is 19.1 Å². The highest BCUT2D eigenvalue weighted by Crippen LogP contribution is 2.29. The fourth-order valence-electron chi connectivity index (χ4n) is 1.81. The molecule has 0 amide bonds. The summed E-state index contributed by atoms with van der Waals surface area (Å²) in [5, 5.41) is 10.1. The maximum absolute atomic E-state index is 13.8. The van der Waals surface area contributed by atoms with Crippen LogP contribution >= 0.6 is 27.3 Å². The summed E-state index contributed by atoms with van der Waals surface area (Å²) in [6.45, 7) is 2.02. The summed E-state index contributed by atoms with van der Waals surface area (Å²) in [6, 6.07) is 6.25. The Morgan fingerprint density at radius 2 is 2.00 bits per heavy atom. The summed E-state index contributed by atoms with van der Waals surface area (Å²) in [4.78, 5) is 1.87. The number of thiophene rings is 1. The Morgan fingerprint density at radius 3 is 2.63 bits per heavy atom. The molecule has 0 aliphatic heterocycles. The van der Waals surface area contributed by atoms with Crippen molar-refractivity contribution in [2.45, 2.75) is 25.9 Å². The van der Waals surface area contributed by atoms with Gasteiger partial charge in [0.15, 0.2) is 0 Å². The van der Waals surface area contributed by atoms with Gasteiger partial charge >= 0.3 is 0 Å². The molecule has 1 heterocycles. The molecule has 0 saturated heterocycles.